The molecule has 1 aromatic rings. The van der Waals surface area contributed by atoms with Crippen LogP contribution in [0.4, 0.5) is 11.4 Å². The van der Waals surface area contributed by atoms with Gasteiger partial charge in [-0.15, -0.1) is 0 Å². The number of benzene rings is 1. The zero-order chi connectivity index (χ0) is 14.8. The number of primary sulfonamides is 1. The van der Waals surface area contributed by atoms with Crippen LogP contribution in [-0.4, -0.2) is 26.0 Å². The van der Waals surface area contributed by atoms with Crippen molar-refractivity contribution < 1.29 is 8.42 Å². The molecule has 2 rings (SSSR count). The molecular weight excluding hydrogens is 294 g/mol. The molecule has 7 heteroatoms. The zero-order valence-electron chi connectivity index (χ0n) is 11.5. The second-order valence-electron chi connectivity index (χ2n) is 5.07. The maximum Gasteiger partial charge on any atom is 0.240 e. The number of thioether (sulfide) groups is 1. The van der Waals surface area contributed by atoms with Crippen LogP contribution in [0.3, 0.4) is 0 Å². The van der Waals surface area contributed by atoms with Crippen molar-refractivity contribution in [1.29, 1.82) is 0 Å². The Kier molecular flexibility index (Phi) is 4.82. The fraction of sp³-hybridized carbons (Fsp3) is 0.538. The van der Waals surface area contributed by atoms with Crippen molar-refractivity contribution in [3.05, 3.63) is 18.2 Å². The van der Waals surface area contributed by atoms with Crippen molar-refractivity contribution in [3.8, 4) is 0 Å². The zero-order valence-corrected chi connectivity index (χ0v) is 13.1. The third-order valence-corrected chi connectivity index (χ3v) is 5.86. The highest BCUT2D eigenvalue weighted by atomic mass is 32.2. The number of anilines is 2. The third kappa shape index (κ3) is 3.39. The highest BCUT2D eigenvalue weighted by Gasteiger charge is 2.25. The first-order valence-corrected chi connectivity index (χ1v) is 9.47. The van der Waals surface area contributed by atoms with Crippen molar-refractivity contribution in [2.24, 2.45) is 5.14 Å². The molecule has 112 valence electrons. The van der Waals surface area contributed by atoms with Crippen molar-refractivity contribution in [1.82, 2.24) is 0 Å². The summed E-state index contributed by atoms with van der Waals surface area (Å²) >= 11 is 1.84. The molecule has 0 radical (unpaired) electrons. The molecule has 1 fully saturated rings. The maximum absolute atomic E-state index is 11.5. The van der Waals surface area contributed by atoms with Crippen molar-refractivity contribution in [3.63, 3.8) is 0 Å². The van der Waals surface area contributed by atoms with Crippen LogP contribution in [0.2, 0.25) is 0 Å². The number of para-hydroxylation sites is 1. The standard InChI is InChI=1S/C13H21N3O2S2/c1-19-11-7-3-2-5-9(11)16-10-6-4-8-12(13(10)14)20(15,17)18/h4,6,8-9,11,16H,2-3,5,7,14H2,1H3,(H2,15,17,18). The molecule has 1 saturated carbocycles. The van der Waals surface area contributed by atoms with Crippen LogP contribution in [-0.2, 0) is 10.0 Å². The number of nitrogen functional groups attached to an aromatic ring is 1. The van der Waals surface area contributed by atoms with Gasteiger partial charge in [0, 0.05) is 11.3 Å². The van der Waals surface area contributed by atoms with Gasteiger partial charge >= 0.3 is 0 Å². The highest BCUT2D eigenvalue weighted by molar-refractivity contribution is 7.99. The number of hydrogen-bond acceptors (Lipinski definition) is 5. The topological polar surface area (TPSA) is 98.2 Å². The number of hydrogen-bond donors (Lipinski definition) is 3. The van der Waals surface area contributed by atoms with Crippen LogP contribution in [0.1, 0.15) is 25.7 Å². The lowest BCUT2D eigenvalue weighted by atomic mass is 9.94. The predicted octanol–water partition coefficient (Wildman–Crippen LogP) is 2.00. The monoisotopic (exact) mass is 315 g/mol. The van der Waals surface area contributed by atoms with Crippen LogP contribution in [0.15, 0.2) is 23.1 Å². The van der Waals surface area contributed by atoms with Gasteiger partial charge in [-0.3, -0.25) is 0 Å². The first kappa shape index (κ1) is 15.5. The fourth-order valence-electron chi connectivity index (χ4n) is 2.66. The number of sulfonamides is 1. The van der Waals surface area contributed by atoms with Gasteiger partial charge in [0.25, 0.3) is 0 Å². The Labute approximate surface area is 124 Å². The molecule has 2 atom stereocenters. The number of nitrogens with one attached hydrogen (secondary N) is 1. The molecule has 0 aliphatic heterocycles. The first-order valence-electron chi connectivity index (χ1n) is 6.64. The predicted molar refractivity (Wildman–Crippen MR) is 85.4 cm³/mol. The van der Waals surface area contributed by atoms with Gasteiger partial charge in [0.05, 0.1) is 11.4 Å². The van der Waals surface area contributed by atoms with Gasteiger partial charge in [-0.1, -0.05) is 18.9 Å². The van der Waals surface area contributed by atoms with E-state index in [0.717, 1.165) is 6.42 Å². The van der Waals surface area contributed by atoms with E-state index in [1.807, 2.05) is 11.8 Å². The minimum atomic E-state index is -3.79. The smallest absolute Gasteiger partial charge is 0.240 e. The summed E-state index contributed by atoms with van der Waals surface area (Å²) in [7, 11) is -3.79. The Morgan fingerprint density at radius 3 is 2.65 bits per heavy atom. The second kappa shape index (κ2) is 6.24. The van der Waals surface area contributed by atoms with E-state index < -0.39 is 10.0 Å². The normalized spacial score (nSPS) is 23.5. The molecule has 20 heavy (non-hydrogen) atoms. The Hall–Kier alpha value is -0.920. The first-order chi connectivity index (χ1) is 9.43. The molecule has 1 aliphatic carbocycles. The minimum absolute atomic E-state index is 0.0148. The van der Waals surface area contributed by atoms with E-state index >= 15 is 0 Å². The Bertz CT molecular complexity index is 575. The molecular formula is C13H21N3O2S2. The molecule has 2 unspecified atom stereocenters. The van der Waals surface area contributed by atoms with Crippen LogP contribution < -0.4 is 16.2 Å². The molecule has 1 aliphatic rings. The fourth-order valence-corrected chi connectivity index (χ4v) is 4.28. The molecule has 0 saturated heterocycles. The number of rotatable bonds is 4. The van der Waals surface area contributed by atoms with E-state index in [0.29, 0.717) is 17.0 Å². The SMILES string of the molecule is CSC1CCCCC1Nc1cccc(S(N)(=O)=O)c1N. The summed E-state index contributed by atoms with van der Waals surface area (Å²) in [5.74, 6) is 0. The van der Waals surface area contributed by atoms with E-state index in [1.54, 1.807) is 12.1 Å². The van der Waals surface area contributed by atoms with Crippen LogP contribution in [0.5, 0.6) is 0 Å². The van der Waals surface area contributed by atoms with Gasteiger partial charge in [-0.25, -0.2) is 13.6 Å². The minimum Gasteiger partial charge on any atom is -0.396 e. The average molecular weight is 315 g/mol. The lowest BCUT2D eigenvalue weighted by Crippen LogP contribution is -2.34. The van der Waals surface area contributed by atoms with Crippen molar-refractivity contribution in [2.75, 3.05) is 17.3 Å². The summed E-state index contributed by atoms with van der Waals surface area (Å²) in [6.45, 7) is 0. The van der Waals surface area contributed by atoms with E-state index in [9.17, 15) is 8.42 Å². The lowest BCUT2D eigenvalue weighted by molar-refractivity contribution is 0.475. The summed E-state index contributed by atoms with van der Waals surface area (Å²) in [5, 5.41) is 9.10. The van der Waals surface area contributed by atoms with Crippen molar-refractivity contribution in [2.45, 2.75) is 41.9 Å². The average Bonchev–Trinajstić information content (AvgIpc) is 2.40. The van der Waals surface area contributed by atoms with E-state index in [4.69, 9.17) is 10.9 Å². The van der Waals surface area contributed by atoms with Gasteiger partial charge in [-0.2, -0.15) is 11.8 Å². The molecule has 5 N–H and O–H groups in total. The Morgan fingerprint density at radius 2 is 2.00 bits per heavy atom. The van der Waals surface area contributed by atoms with E-state index in [-0.39, 0.29) is 10.6 Å². The van der Waals surface area contributed by atoms with E-state index in [1.165, 1.54) is 25.3 Å². The van der Waals surface area contributed by atoms with Crippen LogP contribution in [0.25, 0.3) is 0 Å². The maximum atomic E-state index is 11.5. The summed E-state index contributed by atoms with van der Waals surface area (Å²) < 4.78 is 23.0. The van der Waals surface area contributed by atoms with E-state index in [2.05, 4.69) is 11.6 Å². The van der Waals surface area contributed by atoms with Gasteiger partial charge in [0.15, 0.2) is 0 Å². The molecule has 0 bridgehead atoms. The van der Waals surface area contributed by atoms with Crippen LogP contribution in [0, 0.1) is 0 Å². The molecule has 0 amide bonds. The highest BCUT2D eigenvalue weighted by Crippen LogP contribution is 2.32. The Balaban J connectivity index is 2.25. The molecule has 0 aromatic heterocycles. The summed E-state index contributed by atoms with van der Waals surface area (Å²) in [6, 6.07) is 5.21. The third-order valence-electron chi connectivity index (χ3n) is 3.72. The molecule has 1 aromatic carbocycles. The summed E-state index contributed by atoms with van der Waals surface area (Å²) in [6.07, 6.45) is 6.78. The summed E-state index contributed by atoms with van der Waals surface area (Å²) in [4.78, 5) is -0.0148. The van der Waals surface area contributed by atoms with Gasteiger partial charge < -0.3 is 11.1 Å². The second-order valence-corrected chi connectivity index (χ2v) is 7.68. The lowest BCUT2D eigenvalue weighted by Gasteiger charge is -2.32. The molecule has 0 spiro atoms. The number of nitrogens with two attached hydrogens (primary N) is 2. The van der Waals surface area contributed by atoms with Crippen molar-refractivity contribution >= 4 is 33.2 Å². The van der Waals surface area contributed by atoms with Crippen LogP contribution >= 0.6 is 11.8 Å². The van der Waals surface area contributed by atoms with Gasteiger partial charge in [0.1, 0.15) is 4.90 Å². The molecule has 5 nitrogen and oxygen atoms in total. The molecule has 0 heterocycles. The van der Waals surface area contributed by atoms with Gasteiger partial charge in [0.2, 0.25) is 10.0 Å². The quantitative estimate of drug-likeness (QED) is 0.738. The largest absolute Gasteiger partial charge is 0.396 e. The van der Waals surface area contributed by atoms with Gasteiger partial charge in [-0.05, 0) is 31.2 Å². The Morgan fingerprint density at radius 1 is 1.30 bits per heavy atom. The summed E-state index contributed by atoms with van der Waals surface area (Å²) in [5.41, 5.74) is 6.81.